The first-order valence-electron chi connectivity index (χ1n) is 9.39. The number of carbonyl (C=O) groups is 3. The van der Waals surface area contributed by atoms with Crippen LogP contribution in [0.2, 0.25) is 0 Å². The van der Waals surface area contributed by atoms with Gasteiger partial charge in [0.2, 0.25) is 17.7 Å². The molecule has 9 heteroatoms. The maximum absolute atomic E-state index is 12.6. The molecule has 152 valence electrons. The van der Waals surface area contributed by atoms with E-state index in [0.717, 1.165) is 10.6 Å². The van der Waals surface area contributed by atoms with Gasteiger partial charge in [-0.1, -0.05) is 11.2 Å². The molecule has 0 atom stereocenters. The number of imide groups is 1. The van der Waals surface area contributed by atoms with Crippen molar-refractivity contribution in [3.05, 3.63) is 54.1 Å². The highest BCUT2D eigenvalue weighted by Crippen LogP contribution is 2.25. The van der Waals surface area contributed by atoms with Gasteiger partial charge in [-0.25, -0.2) is 0 Å². The number of amides is 3. The second kappa shape index (κ2) is 8.16. The third kappa shape index (κ3) is 3.90. The maximum Gasteiger partial charge on any atom is 0.322 e. The standard InChI is InChI=1S/C21H18N4O5/c1-2-29-16-8-6-13(7-9-16)20-23-24-21(30-20)22-19(28)14-4-3-5-15(12-14)25-17(26)10-11-18(25)27/h3-9,12H,2,10-11H2,1H3,(H,22,24,28). The largest absolute Gasteiger partial charge is 0.494 e. The number of rotatable bonds is 6. The van der Waals surface area contributed by atoms with Crippen molar-refractivity contribution >= 4 is 29.4 Å². The molecule has 0 bridgehead atoms. The van der Waals surface area contributed by atoms with E-state index in [9.17, 15) is 14.4 Å². The number of benzene rings is 2. The van der Waals surface area contributed by atoms with E-state index in [1.54, 1.807) is 42.5 Å². The molecule has 1 aliphatic heterocycles. The van der Waals surface area contributed by atoms with E-state index in [-0.39, 0.29) is 42.1 Å². The minimum atomic E-state index is -0.502. The molecule has 1 aromatic heterocycles. The van der Waals surface area contributed by atoms with Crippen LogP contribution >= 0.6 is 0 Å². The fourth-order valence-electron chi connectivity index (χ4n) is 3.07. The van der Waals surface area contributed by atoms with Crippen molar-refractivity contribution in [3.8, 4) is 17.2 Å². The summed E-state index contributed by atoms with van der Waals surface area (Å²) < 4.78 is 10.9. The summed E-state index contributed by atoms with van der Waals surface area (Å²) in [4.78, 5) is 37.5. The third-order valence-electron chi connectivity index (χ3n) is 4.48. The van der Waals surface area contributed by atoms with Crippen LogP contribution in [0.15, 0.2) is 52.9 Å². The molecule has 9 nitrogen and oxygen atoms in total. The molecule has 3 amide bonds. The van der Waals surface area contributed by atoms with Crippen LogP contribution in [0, 0.1) is 0 Å². The van der Waals surface area contributed by atoms with Crippen molar-refractivity contribution in [2.75, 3.05) is 16.8 Å². The fraction of sp³-hybridized carbons (Fsp3) is 0.190. The van der Waals surface area contributed by atoms with Gasteiger partial charge in [0.05, 0.1) is 12.3 Å². The van der Waals surface area contributed by atoms with Crippen LogP contribution in [0.1, 0.15) is 30.1 Å². The van der Waals surface area contributed by atoms with Crippen molar-refractivity contribution in [2.24, 2.45) is 0 Å². The molecule has 3 aromatic rings. The number of nitrogens with one attached hydrogen (secondary N) is 1. The van der Waals surface area contributed by atoms with Crippen molar-refractivity contribution in [3.63, 3.8) is 0 Å². The summed E-state index contributed by atoms with van der Waals surface area (Å²) >= 11 is 0. The number of aromatic nitrogens is 2. The molecular formula is C21H18N4O5. The minimum Gasteiger partial charge on any atom is -0.494 e. The lowest BCUT2D eigenvalue weighted by Gasteiger charge is -2.14. The van der Waals surface area contributed by atoms with E-state index in [1.165, 1.54) is 6.07 Å². The lowest BCUT2D eigenvalue weighted by atomic mass is 10.2. The van der Waals surface area contributed by atoms with Gasteiger partial charge in [0, 0.05) is 24.0 Å². The Kier molecular flexibility index (Phi) is 5.25. The first-order chi connectivity index (χ1) is 14.5. The Labute approximate surface area is 171 Å². The second-order valence-corrected chi connectivity index (χ2v) is 6.50. The predicted octanol–water partition coefficient (Wildman–Crippen LogP) is 3.04. The van der Waals surface area contributed by atoms with Crippen molar-refractivity contribution in [1.29, 1.82) is 0 Å². The summed E-state index contributed by atoms with van der Waals surface area (Å²) in [5.41, 5.74) is 1.29. The van der Waals surface area contributed by atoms with Crippen molar-refractivity contribution in [1.82, 2.24) is 10.2 Å². The summed E-state index contributed by atoms with van der Waals surface area (Å²) in [7, 11) is 0. The zero-order chi connectivity index (χ0) is 21.1. The minimum absolute atomic E-state index is 0.0670. The zero-order valence-electron chi connectivity index (χ0n) is 16.1. The number of ether oxygens (including phenoxy) is 1. The number of carbonyl (C=O) groups excluding carboxylic acids is 3. The fourth-order valence-corrected chi connectivity index (χ4v) is 3.07. The topological polar surface area (TPSA) is 115 Å². The summed E-state index contributed by atoms with van der Waals surface area (Å²) in [6, 6.07) is 13.3. The molecular weight excluding hydrogens is 388 g/mol. The molecule has 4 rings (SSSR count). The van der Waals surface area contributed by atoms with Gasteiger partial charge in [-0.3, -0.25) is 24.6 Å². The van der Waals surface area contributed by atoms with Crippen LogP contribution < -0.4 is 15.0 Å². The number of nitrogens with zero attached hydrogens (tertiary/aromatic N) is 3. The Morgan fingerprint density at radius 3 is 2.53 bits per heavy atom. The molecule has 1 aliphatic rings. The first-order valence-corrected chi connectivity index (χ1v) is 9.39. The van der Waals surface area contributed by atoms with Crippen LogP contribution in [0.3, 0.4) is 0 Å². The lowest BCUT2D eigenvalue weighted by molar-refractivity contribution is -0.121. The Morgan fingerprint density at radius 1 is 1.10 bits per heavy atom. The molecule has 0 unspecified atom stereocenters. The SMILES string of the molecule is CCOc1ccc(-c2nnc(NC(=O)c3cccc(N4C(=O)CCC4=O)c3)o2)cc1. The summed E-state index contributed by atoms with van der Waals surface area (Å²) in [5.74, 6) is -0.0961. The second-order valence-electron chi connectivity index (χ2n) is 6.50. The summed E-state index contributed by atoms with van der Waals surface area (Å²) in [6.45, 7) is 2.47. The van der Waals surface area contributed by atoms with E-state index in [0.29, 0.717) is 17.9 Å². The van der Waals surface area contributed by atoms with E-state index in [1.807, 2.05) is 6.92 Å². The van der Waals surface area contributed by atoms with E-state index < -0.39 is 5.91 Å². The molecule has 0 spiro atoms. The molecule has 2 aromatic carbocycles. The van der Waals surface area contributed by atoms with Crippen LogP contribution in [0.25, 0.3) is 11.5 Å². The Hall–Kier alpha value is -4.01. The predicted molar refractivity (Wildman–Crippen MR) is 107 cm³/mol. The molecule has 0 radical (unpaired) electrons. The number of hydrogen-bond donors (Lipinski definition) is 1. The third-order valence-corrected chi connectivity index (χ3v) is 4.48. The maximum atomic E-state index is 12.6. The molecule has 2 heterocycles. The highest BCUT2D eigenvalue weighted by Gasteiger charge is 2.30. The zero-order valence-corrected chi connectivity index (χ0v) is 16.1. The molecule has 30 heavy (non-hydrogen) atoms. The first kappa shape index (κ1) is 19.3. The lowest BCUT2D eigenvalue weighted by Crippen LogP contribution is -2.28. The Morgan fingerprint density at radius 2 is 1.83 bits per heavy atom. The van der Waals surface area contributed by atoms with E-state index in [2.05, 4.69) is 15.5 Å². The molecule has 1 N–H and O–H groups in total. The van der Waals surface area contributed by atoms with Gasteiger partial charge in [-0.05, 0) is 49.4 Å². The number of hydrogen-bond acceptors (Lipinski definition) is 7. The molecule has 0 saturated carbocycles. The summed E-state index contributed by atoms with van der Waals surface area (Å²) in [6.07, 6.45) is 0.344. The van der Waals surface area contributed by atoms with E-state index in [4.69, 9.17) is 9.15 Å². The van der Waals surface area contributed by atoms with Gasteiger partial charge in [0.25, 0.3) is 5.91 Å². The van der Waals surface area contributed by atoms with Crippen LogP contribution in [0.5, 0.6) is 5.75 Å². The van der Waals surface area contributed by atoms with E-state index >= 15 is 0 Å². The highest BCUT2D eigenvalue weighted by atomic mass is 16.5. The molecule has 1 fully saturated rings. The van der Waals surface area contributed by atoms with Crippen LogP contribution in [-0.4, -0.2) is 34.5 Å². The van der Waals surface area contributed by atoms with Crippen molar-refractivity contribution < 1.29 is 23.5 Å². The van der Waals surface area contributed by atoms with Gasteiger partial charge in [0.15, 0.2) is 0 Å². The van der Waals surface area contributed by atoms with Crippen LogP contribution in [0.4, 0.5) is 11.7 Å². The van der Waals surface area contributed by atoms with Gasteiger partial charge in [-0.15, -0.1) is 5.10 Å². The molecule has 1 saturated heterocycles. The highest BCUT2D eigenvalue weighted by molar-refractivity contribution is 6.20. The van der Waals surface area contributed by atoms with Gasteiger partial charge in [0.1, 0.15) is 5.75 Å². The Balaban J connectivity index is 1.48. The average molecular weight is 406 g/mol. The van der Waals surface area contributed by atoms with Crippen molar-refractivity contribution in [2.45, 2.75) is 19.8 Å². The molecule has 0 aliphatic carbocycles. The quantitative estimate of drug-likeness (QED) is 0.626. The van der Waals surface area contributed by atoms with Gasteiger partial charge >= 0.3 is 6.01 Å². The smallest absolute Gasteiger partial charge is 0.322 e. The van der Waals surface area contributed by atoms with Gasteiger partial charge in [-0.2, -0.15) is 0 Å². The monoisotopic (exact) mass is 406 g/mol. The average Bonchev–Trinajstić information content (AvgIpc) is 3.35. The number of anilines is 2. The Bertz CT molecular complexity index is 1090. The van der Waals surface area contributed by atoms with Crippen LogP contribution in [-0.2, 0) is 9.59 Å². The van der Waals surface area contributed by atoms with Gasteiger partial charge < -0.3 is 9.15 Å². The normalized spacial score (nSPS) is 13.6. The summed E-state index contributed by atoms with van der Waals surface area (Å²) in [5, 5.41) is 10.3.